The van der Waals surface area contributed by atoms with E-state index in [1.54, 1.807) is 19.3 Å². The molecule has 0 spiro atoms. The van der Waals surface area contributed by atoms with Crippen LogP contribution in [-0.2, 0) is 16.6 Å². The Kier molecular flexibility index (Phi) is 5.18. The minimum Gasteiger partial charge on any atom is -0.346 e. The van der Waals surface area contributed by atoms with Crippen LogP contribution in [0.2, 0.25) is 0 Å². The molecule has 6 heteroatoms. The largest absolute Gasteiger partial charge is 0.346 e. The summed E-state index contributed by atoms with van der Waals surface area (Å²) in [5.41, 5.74) is 6.52. The minimum absolute atomic E-state index is 0.0197. The molecule has 1 heterocycles. The third kappa shape index (κ3) is 3.19. The van der Waals surface area contributed by atoms with E-state index < -0.39 is 10.0 Å². The van der Waals surface area contributed by atoms with Gasteiger partial charge in [-0.3, -0.25) is 0 Å². The minimum atomic E-state index is -3.44. The van der Waals surface area contributed by atoms with E-state index in [1.165, 1.54) is 4.31 Å². The molecule has 0 bridgehead atoms. The van der Waals surface area contributed by atoms with Crippen molar-refractivity contribution in [3.05, 3.63) is 18.0 Å². The molecule has 0 aliphatic carbocycles. The van der Waals surface area contributed by atoms with Gasteiger partial charge in [0.05, 0.1) is 0 Å². The number of hydrogen-bond acceptors (Lipinski definition) is 3. The van der Waals surface area contributed by atoms with Crippen molar-refractivity contribution in [2.45, 2.75) is 57.6 Å². The molecule has 5 nitrogen and oxygen atoms in total. The maximum atomic E-state index is 12.5. The van der Waals surface area contributed by atoms with Crippen LogP contribution in [0.25, 0.3) is 0 Å². The first-order valence-electron chi connectivity index (χ1n) is 6.64. The Morgan fingerprint density at radius 3 is 2.32 bits per heavy atom. The van der Waals surface area contributed by atoms with E-state index in [4.69, 9.17) is 5.73 Å². The standard InChI is InChI=1S/C13H25N3O2S/c1-6-11(4)15(5)19(17,18)13-7-12(8-14)16(9-13)10(2)3/h7,9-11H,6,8,14H2,1-5H3. The molecule has 1 aromatic heterocycles. The van der Waals surface area contributed by atoms with Crippen LogP contribution in [0.5, 0.6) is 0 Å². The van der Waals surface area contributed by atoms with Gasteiger partial charge >= 0.3 is 0 Å². The summed E-state index contributed by atoms with van der Waals surface area (Å²) in [6, 6.07) is 1.85. The van der Waals surface area contributed by atoms with Crippen LogP contribution in [0.1, 0.15) is 45.9 Å². The number of nitrogens with two attached hydrogens (primary N) is 1. The molecule has 2 N–H and O–H groups in total. The molecule has 0 radical (unpaired) electrons. The van der Waals surface area contributed by atoms with Gasteiger partial charge in [0.1, 0.15) is 4.90 Å². The fraction of sp³-hybridized carbons (Fsp3) is 0.692. The van der Waals surface area contributed by atoms with E-state index in [1.807, 2.05) is 32.3 Å². The second-order valence-electron chi connectivity index (χ2n) is 5.15. The summed E-state index contributed by atoms with van der Waals surface area (Å²) >= 11 is 0. The van der Waals surface area contributed by atoms with Crippen molar-refractivity contribution in [3.8, 4) is 0 Å². The summed E-state index contributed by atoms with van der Waals surface area (Å²) in [6.07, 6.45) is 2.46. The molecule has 1 rings (SSSR count). The van der Waals surface area contributed by atoms with Gasteiger partial charge in [-0.1, -0.05) is 6.92 Å². The molecule has 0 fully saturated rings. The second kappa shape index (κ2) is 6.07. The van der Waals surface area contributed by atoms with E-state index in [9.17, 15) is 8.42 Å². The monoisotopic (exact) mass is 287 g/mol. The molecule has 1 unspecified atom stereocenters. The lowest BCUT2D eigenvalue weighted by Gasteiger charge is -2.22. The Labute approximate surface area is 116 Å². The number of rotatable bonds is 6. The summed E-state index contributed by atoms with van der Waals surface area (Å²) in [4.78, 5) is 0.324. The maximum absolute atomic E-state index is 12.5. The molecule has 0 saturated carbocycles. The highest BCUT2D eigenvalue weighted by Gasteiger charge is 2.26. The summed E-state index contributed by atoms with van der Waals surface area (Å²) in [5.74, 6) is 0. The lowest BCUT2D eigenvalue weighted by Crippen LogP contribution is -2.34. The Morgan fingerprint density at radius 2 is 1.95 bits per heavy atom. The molecule has 0 aromatic carbocycles. The van der Waals surface area contributed by atoms with Crippen molar-refractivity contribution in [1.82, 2.24) is 8.87 Å². The van der Waals surface area contributed by atoms with Crippen LogP contribution in [0.3, 0.4) is 0 Å². The summed E-state index contributed by atoms with van der Waals surface area (Å²) < 4.78 is 28.4. The highest BCUT2D eigenvalue weighted by atomic mass is 32.2. The zero-order valence-electron chi connectivity index (χ0n) is 12.4. The lowest BCUT2D eigenvalue weighted by atomic mass is 10.3. The molecular formula is C13H25N3O2S. The highest BCUT2D eigenvalue weighted by molar-refractivity contribution is 7.89. The van der Waals surface area contributed by atoms with Crippen LogP contribution >= 0.6 is 0 Å². The fourth-order valence-corrected chi connectivity index (χ4v) is 3.43. The molecule has 0 aliphatic rings. The van der Waals surface area contributed by atoms with Crippen molar-refractivity contribution >= 4 is 10.0 Å². The van der Waals surface area contributed by atoms with Gasteiger partial charge in [-0.15, -0.1) is 0 Å². The normalized spacial score (nSPS) is 14.3. The van der Waals surface area contributed by atoms with E-state index in [2.05, 4.69) is 0 Å². The first kappa shape index (κ1) is 16.2. The molecule has 0 aliphatic heterocycles. The smallest absolute Gasteiger partial charge is 0.244 e. The number of sulfonamides is 1. The number of nitrogens with zero attached hydrogens (tertiary/aromatic N) is 2. The first-order chi connectivity index (χ1) is 8.75. The average molecular weight is 287 g/mol. The van der Waals surface area contributed by atoms with Gasteiger partial charge in [0, 0.05) is 37.6 Å². The van der Waals surface area contributed by atoms with Crippen molar-refractivity contribution in [3.63, 3.8) is 0 Å². The number of aromatic nitrogens is 1. The van der Waals surface area contributed by atoms with Gasteiger partial charge in [0.2, 0.25) is 10.0 Å². The molecule has 1 aromatic rings. The third-order valence-corrected chi connectivity index (χ3v) is 5.50. The zero-order chi connectivity index (χ0) is 14.8. The Bertz CT molecular complexity index is 520. The quantitative estimate of drug-likeness (QED) is 0.869. The van der Waals surface area contributed by atoms with Crippen LogP contribution in [0.15, 0.2) is 17.2 Å². The number of hydrogen-bond donors (Lipinski definition) is 1. The van der Waals surface area contributed by atoms with E-state index in [0.29, 0.717) is 11.4 Å². The van der Waals surface area contributed by atoms with Crippen LogP contribution < -0.4 is 5.73 Å². The predicted octanol–water partition coefficient (Wildman–Crippen LogP) is 1.95. The van der Waals surface area contributed by atoms with Crippen LogP contribution in [0, 0.1) is 0 Å². The fourth-order valence-electron chi connectivity index (χ4n) is 1.94. The maximum Gasteiger partial charge on any atom is 0.244 e. The topological polar surface area (TPSA) is 68.3 Å². The Balaban J connectivity index is 3.23. The van der Waals surface area contributed by atoms with Gasteiger partial charge in [0.25, 0.3) is 0 Å². The summed E-state index contributed by atoms with van der Waals surface area (Å²) in [6.45, 7) is 8.23. The van der Waals surface area contributed by atoms with E-state index >= 15 is 0 Å². The lowest BCUT2D eigenvalue weighted by molar-refractivity contribution is 0.380. The third-order valence-electron chi connectivity index (χ3n) is 3.56. The summed E-state index contributed by atoms with van der Waals surface area (Å²) in [7, 11) is -1.82. The van der Waals surface area contributed by atoms with E-state index in [0.717, 1.165) is 12.1 Å². The van der Waals surface area contributed by atoms with E-state index in [-0.39, 0.29) is 12.1 Å². The van der Waals surface area contributed by atoms with Crippen molar-refractivity contribution in [2.24, 2.45) is 5.73 Å². The van der Waals surface area contributed by atoms with Crippen molar-refractivity contribution < 1.29 is 8.42 Å². The van der Waals surface area contributed by atoms with Crippen molar-refractivity contribution in [2.75, 3.05) is 7.05 Å². The molecule has 19 heavy (non-hydrogen) atoms. The van der Waals surface area contributed by atoms with Gasteiger partial charge in [-0.25, -0.2) is 8.42 Å². The highest BCUT2D eigenvalue weighted by Crippen LogP contribution is 2.22. The average Bonchev–Trinajstić information content (AvgIpc) is 2.81. The predicted molar refractivity (Wildman–Crippen MR) is 77.4 cm³/mol. The SMILES string of the molecule is CCC(C)N(C)S(=O)(=O)c1cc(CN)n(C(C)C)c1. The molecule has 0 amide bonds. The Morgan fingerprint density at radius 1 is 1.37 bits per heavy atom. The first-order valence-corrected chi connectivity index (χ1v) is 8.08. The van der Waals surface area contributed by atoms with Crippen molar-refractivity contribution in [1.29, 1.82) is 0 Å². The molecule has 0 saturated heterocycles. The second-order valence-corrected chi connectivity index (χ2v) is 7.15. The van der Waals surface area contributed by atoms with Gasteiger partial charge < -0.3 is 10.3 Å². The molecular weight excluding hydrogens is 262 g/mol. The van der Waals surface area contributed by atoms with Crippen LogP contribution in [0.4, 0.5) is 0 Å². The molecule has 110 valence electrons. The molecule has 1 atom stereocenters. The van der Waals surface area contributed by atoms with Gasteiger partial charge in [-0.2, -0.15) is 4.31 Å². The Hall–Kier alpha value is -0.850. The van der Waals surface area contributed by atoms with Gasteiger partial charge in [0.15, 0.2) is 0 Å². The van der Waals surface area contributed by atoms with Crippen LogP contribution in [-0.4, -0.2) is 30.4 Å². The zero-order valence-corrected chi connectivity index (χ0v) is 13.2. The summed E-state index contributed by atoms with van der Waals surface area (Å²) in [5, 5.41) is 0. The van der Waals surface area contributed by atoms with Gasteiger partial charge in [-0.05, 0) is 33.3 Å².